The van der Waals surface area contributed by atoms with Crippen LogP contribution in [0, 0.1) is 25.5 Å². The Balaban J connectivity index is 1.77. The van der Waals surface area contributed by atoms with E-state index in [9.17, 15) is 13.6 Å². The first-order valence-corrected chi connectivity index (χ1v) is 7.99. The second-order valence-corrected chi connectivity index (χ2v) is 5.93. The van der Waals surface area contributed by atoms with Gasteiger partial charge in [-0.05, 0) is 61.4 Å². The molecule has 0 aliphatic rings. The first-order valence-electron chi connectivity index (χ1n) is 7.99. The minimum absolute atomic E-state index is 0.109. The number of hydrogen-bond donors (Lipinski definition) is 2. The van der Waals surface area contributed by atoms with Crippen LogP contribution >= 0.6 is 0 Å². The van der Waals surface area contributed by atoms with Gasteiger partial charge in [-0.2, -0.15) is 0 Å². The molecular weight excluding hydrogens is 336 g/mol. The quantitative estimate of drug-likeness (QED) is 0.696. The van der Waals surface area contributed by atoms with Crippen molar-refractivity contribution in [3.63, 3.8) is 0 Å². The van der Waals surface area contributed by atoms with Crippen molar-refractivity contribution in [1.29, 1.82) is 0 Å². The molecule has 3 aromatic rings. The van der Waals surface area contributed by atoms with Gasteiger partial charge in [0.2, 0.25) is 0 Å². The third-order valence-corrected chi connectivity index (χ3v) is 3.97. The van der Waals surface area contributed by atoms with Gasteiger partial charge in [0.05, 0.1) is 5.69 Å². The van der Waals surface area contributed by atoms with Crippen LogP contribution in [0.4, 0.5) is 25.8 Å². The SMILES string of the molecule is Cc1ccc(NC(=O)c2cc(Nc3ccc(F)cc3F)ccn2)cc1C. The van der Waals surface area contributed by atoms with Crippen LogP contribution in [0.1, 0.15) is 21.6 Å². The minimum Gasteiger partial charge on any atom is -0.353 e. The van der Waals surface area contributed by atoms with Crippen LogP contribution in [0.15, 0.2) is 54.7 Å². The molecule has 0 saturated carbocycles. The van der Waals surface area contributed by atoms with Crippen molar-refractivity contribution < 1.29 is 13.6 Å². The van der Waals surface area contributed by atoms with E-state index in [4.69, 9.17) is 0 Å². The van der Waals surface area contributed by atoms with E-state index in [2.05, 4.69) is 15.6 Å². The summed E-state index contributed by atoms with van der Waals surface area (Å²) < 4.78 is 26.7. The van der Waals surface area contributed by atoms with Gasteiger partial charge in [0.15, 0.2) is 0 Å². The van der Waals surface area contributed by atoms with E-state index in [0.29, 0.717) is 11.4 Å². The van der Waals surface area contributed by atoms with Gasteiger partial charge in [-0.25, -0.2) is 8.78 Å². The van der Waals surface area contributed by atoms with Crippen LogP contribution in [0.2, 0.25) is 0 Å². The van der Waals surface area contributed by atoms with E-state index < -0.39 is 11.6 Å². The molecule has 0 aliphatic heterocycles. The van der Waals surface area contributed by atoms with E-state index in [1.54, 1.807) is 6.07 Å². The largest absolute Gasteiger partial charge is 0.353 e. The average Bonchev–Trinajstić information content (AvgIpc) is 2.61. The standard InChI is InChI=1S/C20H17F2N3O/c1-12-3-5-15(9-13(12)2)25-20(26)19-11-16(7-8-23-19)24-18-6-4-14(21)10-17(18)22/h3-11H,1-2H3,(H,23,24)(H,25,26). The van der Waals surface area contributed by atoms with Gasteiger partial charge in [-0.15, -0.1) is 0 Å². The fraction of sp³-hybridized carbons (Fsp3) is 0.100. The Labute approximate surface area is 149 Å². The molecule has 0 radical (unpaired) electrons. The zero-order valence-corrected chi connectivity index (χ0v) is 14.3. The molecule has 4 nitrogen and oxygen atoms in total. The summed E-state index contributed by atoms with van der Waals surface area (Å²) in [7, 11) is 0. The second-order valence-electron chi connectivity index (χ2n) is 5.93. The number of amides is 1. The summed E-state index contributed by atoms with van der Waals surface area (Å²) in [5, 5.41) is 5.60. The molecule has 0 unspecified atom stereocenters. The molecule has 1 aromatic heterocycles. The summed E-state index contributed by atoms with van der Waals surface area (Å²) in [6.07, 6.45) is 1.44. The van der Waals surface area contributed by atoms with Crippen LogP contribution in [-0.2, 0) is 0 Å². The highest BCUT2D eigenvalue weighted by atomic mass is 19.1. The predicted octanol–water partition coefficient (Wildman–Crippen LogP) is 4.97. The van der Waals surface area contributed by atoms with Gasteiger partial charge in [0, 0.05) is 23.6 Å². The summed E-state index contributed by atoms with van der Waals surface area (Å²) in [6.45, 7) is 3.96. The monoisotopic (exact) mass is 353 g/mol. The van der Waals surface area contributed by atoms with Crippen LogP contribution in [0.3, 0.4) is 0 Å². The van der Waals surface area contributed by atoms with Crippen molar-refractivity contribution in [2.75, 3.05) is 10.6 Å². The number of nitrogens with one attached hydrogen (secondary N) is 2. The Morgan fingerprint density at radius 3 is 2.46 bits per heavy atom. The zero-order valence-electron chi connectivity index (χ0n) is 14.3. The molecule has 0 fully saturated rings. The highest BCUT2D eigenvalue weighted by Gasteiger charge is 2.10. The molecule has 1 heterocycles. The van der Waals surface area contributed by atoms with Gasteiger partial charge < -0.3 is 10.6 Å². The van der Waals surface area contributed by atoms with E-state index >= 15 is 0 Å². The van der Waals surface area contributed by atoms with Crippen LogP contribution in [-0.4, -0.2) is 10.9 Å². The van der Waals surface area contributed by atoms with Crippen LogP contribution in [0.25, 0.3) is 0 Å². The molecule has 6 heteroatoms. The molecular formula is C20H17F2N3O. The highest BCUT2D eigenvalue weighted by molar-refractivity contribution is 6.03. The first kappa shape index (κ1) is 17.5. The lowest BCUT2D eigenvalue weighted by Gasteiger charge is -2.10. The summed E-state index contributed by atoms with van der Waals surface area (Å²) >= 11 is 0. The molecule has 26 heavy (non-hydrogen) atoms. The van der Waals surface area contributed by atoms with Crippen molar-refractivity contribution in [2.24, 2.45) is 0 Å². The summed E-state index contributed by atoms with van der Waals surface area (Å²) in [6, 6.07) is 11.9. The highest BCUT2D eigenvalue weighted by Crippen LogP contribution is 2.21. The molecule has 3 rings (SSSR count). The average molecular weight is 353 g/mol. The van der Waals surface area contributed by atoms with E-state index in [-0.39, 0.29) is 17.3 Å². The maximum Gasteiger partial charge on any atom is 0.274 e. The number of carbonyl (C=O) groups excluding carboxylic acids is 1. The number of anilines is 3. The lowest BCUT2D eigenvalue weighted by molar-refractivity contribution is 0.102. The number of benzene rings is 2. The molecule has 2 N–H and O–H groups in total. The van der Waals surface area contributed by atoms with Crippen molar-refractivity contribution in [1.82, 2.24) is 4.98 Å². The fourth-order valence-electron chi connectivity index (χ4n) is 2.39. The number of hydrogen-bond acceptors (Lipinski definition) is 3. The lowest BCUT2D eigenvalue weighted by atomic mass is 10.1. The molecule has 132 valence electrons. The minimum atomic E-state index is -0.719. The second kappa shape index (κ2) is 7.31. The van der Waals surface area contributed by atoms with Crippen molar-refractivity contribution in [3.8, 4) is 0 Å². The van der Waals surface area contributed by atoms with E-state index in [0.717, 1.165) is 23.3 Å². The molecule has 0 aliphatic carbocycles. The van der Waals surface area contributed by atoms with Crippen LogP contribution < -0.4 is 10.6 Å². The number of pyridine rings is 1. The number of aryl methyl sites for hydroxylation is 2. The Bertz CT molecular complexity index is 973. The normalized spacial score (nSPS) is 10.5. The lowest BCUT2D eigenvalue weighted by Crippen LogP contribution is -2.14. The Kier molecular flexibility index (Phi) is 4.93. The van der Waals surface area contributed by atoms with Gasteiger partial charge in [-0.1, -0.05) is 6.07 Å². The third-order valence-electron chi connectivity index (χ3n) is 3.97. The molecule has 0 saturated heterocycles. The fourth-order valence-corrected chi connectivity index (χ4v) is 2.39. The maximum atomic E-state index is 13.8. The molecule has 1 amide bonds. The van der Waals surface area contributed by atoms with Gasteiger partial charge in [-0.3, -0.25) is 9.78 Å². The van der Waals surface area contributed by atoms with Crippen molar-refractivity contribution >= 4 is 23.0 Å². The van der Waals surface area contributed by atoms with Gasteiger partial charge in [0.25, 0.3) is 5.91 Å². The van der Waals surface area contributed by atoms with Crippen molar-refractivity contribution in [2.45, 2.75) is 13.8 Å². The van der Waals surface area contributed by atoms with Gasteiger partial charge in [0.1, 0.15) is 17.3 Å². The van der Waals surface area contributed by atoms with E-state index in [1.165, 1.54) is 18.3 Å². The third kappa shape index (κ3) is 4.03. The summed E-state index contributed by atoms with van der Waals surface area (Å²) in [5.74, 6) is -1.75. The number of halogens is 2. The van der Waals surface area contributed by atoms with Crippen LogP contribution in [0.5, 0.6) is 0 Å². The van der Waals surface area contributed by atoms with E-state index in [1.807, 2.05) is 32.0 Å². The van der Waals surface area contributed by atoms with Crippen molar-refractivity contribution in [3.05, 3.63) is 83.2 Å². The Hall–Kier alpha value is -3.28. The number of carbonyl (C=O) groups is 1. The van der Waals surface area contributed by atoms with Gasteiger partial charge >= 0.3 is 0 Å². The number of nitrogens with zero attached hydrogens (tertiary/aromatic N) is 1. The maximum absolute atomic E-state index is 13.8. The molecule has 0 bridgehead atoms. The molecule has 2 aromatic carbocycles. The Morgan fingerprint density at radius 2 is 1.73 bits per heavy atom. The summed E-state index contributed by atoms with van der Waals surface area (Å²) in [5.41, 5.74) is 3.62. The topological polar surface area (TPSA) is 54.0 Å². The first-order chi connectivity index (χ1) is 12.4. The Morgan fingerprint density at radius 1 is 0.923 bits per heavy atom. The zero-order chi connectivity index (χ0) is 18.7. The predicted molar refractivity (Wildman–Crippen MR) is 97.7 cm³/mol. The molecule has 0 atom stereocenters. The smallest absolute Gasteiger partial charge is 0.274 e. The number of rotatable bonds is 4. The summed E-state index contributed by atoms with van der Waals surface area (Å²) in [4.78, 5) is 16.4. The number of aromatic nitrogens is 1. The molecule has 0 spiro atoms.